The molecule has 1 atom stereocenters. The lowest BCUT2D eigenvalue weighted by atomic mass is 9.97. The maximum Gasteiger partial charge on any atom is 0.0101 e. The molecule has 0 heterocycles. The van der Waals surface area contributed by atoms with E-state index < -0.39 is 0 Å². The third-order valence-corrected chi connectivity index (χ3v) is 3.08. The molecular weight excluding hydrogens is 158 g/mol. The van der Waals surface area contributed by atoms with Crippen molar-refractivity contribution >= 4 is 0 Å². The third kappa shape index (κ3) is 4.33. The van der Waals surface area contributed by atoms with Gasteiger partial charge >= 0.3 is 0 Å². The Hall–Kier alpha value is -0.480. The van der Waals surface area contributed by atoms with Gasteiger partial charge in [-0.05, 0) is 25.2 Å². The van der Waals surface area contributed by atoms with Crippen molar-refractivity contribution in [1.82, 2.24) is 0 Å². The van der Waals surface area contributed by atoms with E-state index in [0.717, 1.165) is 18.8 Å². The first kappa shape index (κ1) is 10.6. The van der Waals surface area contributed by atoms with Crippen molar-refractivity contribution in [2.45, 2.75) is 57.4 Å². The second kappa shape index (κ2) is 6.05. The smallest absolute Gasteiger partial charge is 0.0101 e. The molecule has 0 radical (unpaired) electrons. The molecule has 0 aromatic carbocycles. The van der Waals surface area contributed by atoms with Crippen molar-refractivity contribution in [1.29, 1.82) is 0 Å². The monoisotopic (exact) mass is 179 g/mol. The van der Waals surface area contributed by atoms with Gasteiger partial charge in [0.05, 0.1) is 0 Å². The molecule has 1 fully saturated rings. The standard InChI is InChI=1S/C12H21N/c1-2-3-8-12(13)10-9-11-6-4-5-7-11/h1,11-12H,3-10,13H2. The average molecular weight is 179 g/mol. The summed E-state index contributed by atoms with van der Waals surface area (Å²) in [6.07, 6.45) is 15.3. The van der Waals surface area contributed by atoms with Crippen molar-refractivity contribution in [2.75, 3.05) is 0 Å². The van der Waals surface area contributed by atoms with Crippen molar-refractivity contribution in [3.63, 3.8) is 0 Å². The Morgan fingerprint density at radius 2 is 2.00 bits per heavy atom. The Balaban J connectivity index is 2.00. The highest BCUT2D eigenvalue weighted by Gasteiger charge is 2.15. The van der Waals surface area contributed by atoms with Crippen LogP contribution in [0.4, 0.5) is 0 Å². The number of hydrogen-bond donors (Lipinski definition) is 1. The molecule has 0 bridgehead atoms. The molecule has 2 N–H and O–H groups in total. The Bertz CT molecular complexity index is 162. The van der Waals surface area contributed by atoms with Gasteiger partial charge in [-0.2, -0.15) is 0 Å². The quantitative estimate of drug-likeness (QED) is 0.645. The van der Waals surface area contributed by atoms with Crippen LogP contribution in [0, 0.1) is 18.3 Å². The molecule has 1 aliphatic rings. The summed E-state index contributed by atoms with van der Waals surface area (Å²) in [5, 5.41) is 0. The summed E-state index contributed by atoms with van der Waals surface area (Å²) >= 11 is 0. The van der Waals surface area contributed by atoms with Gasteiger partial charge < -0.3 is 5.73 Å². The van der Waals surface area contributed by atoms with Gasteiger partial charge in [0.25, 0.3) is 0 Å². The zero-order chi connectivity index (χ0) is 9.52. The fourth-order valence-electron chi connectivity index (χ4n) is 2.16. The lowest BCUT2D eigenvalue weighted by molar-refractivity contribution is 0.439. The first-order valence-electron chi connectivity index (χ1n) is 5.52. The number of terminal acetylenes is 1. The molecule has 1 aliphatic carbocycles. The molecule has 0 aromatic rings. The minimum Gasteiger partial charge on any atom is -0.328 e. The topological polar surface area (TPSA) is 26.0 Å². The molecule has 1 rings (SSSR count). The molecule has 74 valence electrons. The maximum absolute atomic E-state index is 5.94. The lowest BCUT2D eigenvalue weighted by Gasteiger charge is -2.13. The van der Waals surface area contributed by atoms with Crippen LogP contribution in [0.3, 0.4) is 0 Å². The second-order valence-corrected chi connectivity index (χ2v) is 4.23. The van der Waals surface area contributed by atoms with E-state index in [1.54, 1.807) is 0 Å². The minimum absolute atomic E-state index is 0.344. The first-order valence-corrected chi connectivity index (χ1v) is 5.52. The van der Waals surface area contributed by atoms with Gasteiger partial charge in [-0.15, -0.1) is 12.3 Å². The Labute approximate surface area is 82.1 Å². The van der Waals surface area contributed by atoms with E-state index in [2.05, 4.69) is 5.92 Å². The largest absolute Gasteiger partial charge is 0.328 e. The Morgan fingerprint density at radius 3 is 2.62 bits per heavy atom. The summed E-state index contributed by atoms with van der Waals surface area (Å²) in [6.45, 7) is 0. The predicted molar refractivity (Wildman–Crippen MR) is 57.2 cm³/mol. The van der Waals surface area contributed by atoms with Gasteiger partial charge in [-0.1, -0.05) is 25.7 Å². The van der Waals surface area contributed by atoms with E-state index in [4.69, 9.17) is 12.2 Å². The number of nitrogens with two attached hydrogens (primary N) is 1. The fourth-order valence-corrected chi connectivity index (χ4v) is 2.16. The maximum atomic E-state index is 5.94. The first-order chi connectivity index (χ1) is 6.33. The third-order valence-electron chi connectivity index (χ3n) is 3.08. The Morgan fingerprint density at radius 1 is 1.31 bits per heavy atom. The summed E-state index contributed by atoms with van der Waals surface area (Å²) < 4.78 is 0. The van der Waals surface area contributed by atoms with E-state index >= 15 is 0 Å². The highest BCUT2D eigenvalue weighted by molar-refractivity contribution is 4.85. The zero-order valence-electron chi connectivity index (χ0n) is 8.47. The van der Waals surface area contributed by atoms with E-state index in [9.17, 15) is 0 Å². The SMILES string of the molecule is C#CCCC(N)CCC1CCCC1. The van der Waals surface area contributed by atoms with Gasteiger partial charge in [0.2, 0.25) is 0 Å². The van der Waals surface area contributed by atoms with Crippen LogP contribution in [0.2, 0.25) is 0 Å². The highest BCUT2D eigenvalue weighted by atomic mass is 14.6. The van der Waals surface area contributed by atoms with Crippen LogP contribution in [-0.4, -0.2) is 6.04 Å². The summed E-state index contributed by atoms with van der Waals surface area (Å²) in [4.78, 5) is 0. The number of hydrogen-bond acceptors (Lipinski definition) is 1. The molecule has 1 unspecified atom stereocenters. The molecule has 1 saturated carbocycles. The molecule has 0 spiro atoms. The van der Waals surface area contributed by atoms with Crippen LogP contribution < -0.4 is 5.73 Å². The van der Waals surface area contributed by atoms with Gasteiger partial charge in [-0.3, -0.25) is 0 Å². The van der Waals surface area contributed by atoms with Gasteiger partial charge in [0, 0.05) is 12.5 Å². The van der Waals surface area contributed by atoms with Crippen molar-refractivity contribution in [3.8, 4) is 12.3 Å². The molecular formula is C12H21N. The van der Waals surface area contributed by atoms with Crippen LogP contribution in [0.25, 0.3) is 0 Å². The molecule has 0 saturated heterocycles. The van der Waals surface area contributed by atoms with Gasteiger partial charge in [-0.25, -0.2) is 0 Å². The molecule has 1 nitrogen and oxygen atoms in total. The molecule has 0 amide bonds. The average Bonchev–Trinajstić information content (AvgIpc) is 2.64. The van der Waals surface area contributed by atoms with Crippen LogP contribution in [0.15, 0.2) is 0 Å². The van der Waals surface area contributed by atoms with Crippen LogP contribution in [-0.2, 0) is 0 Å². The summed E-state index contributed by atoms with van der Waals surface area (Å²) in [7, 11) is 0. The number of rotatable bonds is 5. The molecule has 0 aromatic heterocycles. The summed E-state index contributed by atoms with van der Waals surface area (Å²) in [6, 6.07) is 0.344. The fraction of sp³-hybridized carbons (Fsp3) is 0.833. The molecule has 1 heteroatoms. The summed E-state index contributed by atoms with van der Waals surface area (Å²) in [5.74, 6) is 3.62. The Kier molecular flexibility index (Phi) is 4.93. The zero-order valence-corrected chi connectivity index (χ0v) is 8.47. The van der Waals surface area contributed by atoms with E-state index in [1.165, 1.54) is 38.5 Å². The normalized spacial score (nSPS) is 20.0. The van der Waals surface area contributed by atoms with Gasteiger partial charge in [0.1, 0.15) is 0 Å². The van der Waals surface area contributed by atoms with E-state index in [0.29, 0.717) is 6.04 Å². The van der Waals surface area contributed by atoms with Crippen LogP contribution in [0.5, 0.6) is 0 Å². The molecule has 0 aliphatic heterocycles. The van der Waals surface area contributed by atoms with Crippen LogP contribution >= 0.6 is 0 Å². The lowest BCUT2D eigenvalue weighted by Crippen LogP contribution is -2.20. The van der Waals surface area contributed by atoms with E-state index in [-0.39, 0.29) is 0 Å². The van der Waals surface area contributed by atoms with Gasteiger partial charge in [0.15, 0.2) is 0 Å². The van der Waals surface area contributed by atoms with Crippen LogP contribution in [0.1, 0.15) is 51.4 Å². The van der Waals surface area contributed by atoms with Crippen molar-refractivity contribution in [3.05, 3.63) is 0 Å². The molecule has 13 heavy (non-hydrogen) atoms. The van der Waals surface area contributed by atoms with E-state index in [1.807, 2.05) is 0 Å². The highest BCUT2D eigenvalue weighted by Crippen LogP contribution is 2.28. The van der Waals surface area contributed by atoms with Crippen molar-refractivity contribution in [2.24, 2.45) is 11.7 Å². The summed E-state index contributed by atoms with van der Waals surface area (Å²) in [5.41, 5.74) is 5.94. The van der Waals surface area contributed by atoms with Crippen molar-refractivity contribution < 1.29 is 0 Å². The predicted octanol–water partition coefficient (Wildman–Crippen LogP) is 2.70. The minimum atomic E-state index is 0.344. The second-order valence-electron chi connectivity index (χ2n) is 4.23.